The lowest BCUT2D eigenvalue weighted by molar-refractivity contribution is 0.332. The molecule has 1 fully saturated rings. The molecular weight excluding hydrogens is 320 g/mol. The molecule has 112 valence electrons. The highest BCUT2D eigenvalue weighted by Crippen LogP contribution is 2.48. The largest absolute Gasteiger partial charge is 0.496 e. The Morgan fingerprint density at radius 1 is 0.950 bits per heavy atom. The highest BCUT2D eigenvalue weighted by atomic mass is 79.9. The third-order valence-corrected chi connectivity index (χ3v) is 5.30. The van der Waals surface area contributed by atoms with Gasteiger partial charge in [0.2, 0.25) is 0 Å². The topological polar surface area (TPSA) is 27.7 Å². The lowest BCUT2D eigenvalue weighted by atomic mass is 9.84. The van der Waals surface area contributed by atoms with Crippen molar-refractivity contribution in [2.24, 2.45) is 5.92 Å². The summed E-state index contributed by atoms with van der Waals surface area (Å²) in [6, 6.07) is 3.85. The second-order valence-electron chi connectivity index (χ2n) is 5.25. The van der Waals surface area contributed by atoms with E-state index in [0.717, 1.165) is 22.8 Å². The smallest absolute Gasteiger partial charge is 0.130 e. The van der Waals surface area contributed by atoms with E-state index in [-0.39, 0.29) is 4.83 Å². The summed E-state index contributed by atoms with van der Waals surface area (Å²) < 4.78 is 16.4. The Morgan fingerprint density at radius 3 is 1.95 bits per heavy atom. The Morgan fingerprint density at radius 2 is 1.50 bits per heavy atom. The highest BCUT2D eigenvalue weighted by Gasteiger charge is 2.28. The average Bonchev–Trinajstić information content (AvgIpc) is 2.53. The predicted molar refractivity (Wildman–Crippen MR) is 84.3 cm³/mol. The number of benzene rings is 1. The molecule has 1 aromatic carbocycles. The summed E-state index contributed by atoms with van der Waals surface area (Å²) in [5.41, 5.74) is 1.10. The van der Waals surface area contributed by atoms with Crippen LogP contribution in [0, 0.1) is 5.92 Å². The van der Waals surface area contributed by atoms with Crippen molar-refractivity contribution in [3.8, 4) is 17.2 Å². The van der Waals surface area contributed by atoms with E-state index in [1.54, 1.807) is 21.3 Å². The van der Waals surface area contributed by atoms with Gasteiger partial charge >= 0.3 is 0 Å². The Kier molecular flexibility index (Phi) is 5.58. The van der Waals surface area contributed by atoms with Crippen LogP contribution in [0.25, 0.3) is 0 Å². The standard InChI is InChI=1S/C16H23BrO3/c1-18-12-9-13(19-2)15(14(10-12)20-3)16(17)11-7-5-4-6-8-11/h9-11,16H,4-8H2,1-3H3. The van der Waals surface area contributed by atoms with Gasteiger partial charge in [0.15, 0.2) is 0 Å². The fourth-order valence-electron chi connectivity index (χ4n) is 2.97. The van der Waals surface area contributed by atoms with Crippen molar-refractivity contribution in [3.05, 3.63) is 17.7 Å². The first-order valence-corrected chi connectivity index (χ1v) is 8.06. The van der Waals surface area contributed by atoms with Crippen molar-refractivity contribution in [1.29, 1.82) is 0 Å². The second kappa shape index (κ2) is 7.21. The molecular formula is C16H23BrO3. The van der Waals surface area contributed by atoms with Crippen molar-refractivity contribution in [2.75, 3.05) is 21.3 Å². The van der Waals surface area contributed by atoms with Crippen molar-refractivity contribution < 1.29 is 14.2 Å². The van der Waals surface area contributed by atoms with Gasteiger partial charge in [0, 0.05) is 17.0 Å². The molecule has 1 aromatic rings. The van der Waals surface area contributed by atoms with E-state index in [1.165, 1.54) is 32.1 Å². The van der Waals surface area contributed by atoms with Gasteiger partial charge in [-0.3, -0.25) is 0 Å². The molecule has 1 aliphatic rings. The Labute approximate surface area is 129 Å². The molecule has 0 aromatic heterocycles. The average molecular weight is 343 g/mol. The molecule has 4 heteroatoms. The molecule has 0 spiro atoms. The van der Waals surface area contributed by atoms with Crippen molar-refractivity contribution in [3.63, 3.8) is 0 Å². The minimum Gasteiger partial charge on any atom is -0.496 e. The molecule has 3 nitrogen and oxygen atoms in total. The normalized spacial score (nSPS) is 17.6. The molecule has 1 aliphatic carbocycles. The van der Waals surface area contributed by atoms with E-state index >= 15 is 0 Å². The van der Waals surface area contributed by atoms with Gasteiger partial charge in [0.1, 0.15) is 17.2 Å². The lowest BCUT2D eigenvalue weighted by Gasteiger charge is -2.28. The van der Waals surface area contributed by atoms with Gasteiger partial charge in [-0.05, 0) is 18.8 Å². The van der Waals surface area contributed by atoms with Gasteiger partial charge in [-0.1, -0.05) is 35.2 Å². The minimum absolute atomic E-state index is 0.263. The van der Waals surface area contributed by atoms with Gasteiger partial charge in [0.05, 0.1) is 26.9 Å². The summed E-state index contributed by atoms with van der Waals surface area (Å²) in [6.07, 6.45) is 6.50. The molecule has 1 atom stereocenters. The first-order chi connectivity index (χ1) is 9.71. The molecule has 20 heavy (non-hydrogen) atoms. The Hall–Kier alpha value is -0.900. The van der Waals surface area contributed by atoms with Gasteiger partial charge in [-0.15, -0.1) is 0 Å². The van der Waals surface area contributed by atoms with Crippen LogP contribution >= 0.6 is 15.9 Å². The maximum absolute atomic E-state index is 5.55. The van der Waals surface area contributed by atoms with E-state index in [2.05, 4.69) is 15.9 Å². The molecule has 1 saturated carbocycles. The zero-order valence-electron chi connectivity index (χ0n) is 12.4. The quantitative estimate of drug-likeness (QED) is 0.724. The van der Waals surface area contributed by atoms with E-state index in [1.807, 2.05) is 12.1 Å². The van der Waals surface area contributed by atoms with Crippen LogP contribution in [0.5, 0.6) is 17.2 Å². The minimum atomic E-state index is 0.263. The van der Waals surface area contributed by atoms with Gasteiger partial charge in [0.25, 0.3) is 0 Å². The van der Waals surface area contributed by atoms with Gasteiger partial charge < -0.3 is 14.2 Å². The maximum Gasteiger partial charge on any atom is 0.130 e. The number of hydrogen-bond acceptors (Lipinski definition) is 3. The first-order valence-electron chi connectivity index (χ1n) is 7.15. The zero-order chi connectivity index (χ0) is 14.5. The molecule has 0 bridgehead atoms. The third kappa shape index (κ3) is 3.22. The summed E-state index contributed by atoms with van der Waals surface area (Å²) >= 11 is 3.88. The van der Waals surface area contributed by atoms with Crippen LogP contribution in [-0.2, 0) is 0 Å². The summed E-state index contributed by atoms with van der Waals surface area (Å²) in [5, 5.41) is 0. The predicted octanol–water partition coefficient (Wildman–Crippen LogP) is 4.73. The van der Waals surface area contributed by atoms with Crippen LogP contribution in [0.2, 0.25) is 0 Å². The SMILES string of the molecule is COc1cc(OC)c(C(Br)C2CCCCC2)c(OC)c1. The van der Waals surface area contributed by atoms with Crippen LogP contribution in [-0.4, -0.2) is 21.3 Å². The van der Waals surface area contributed by atoms with Crippen LogP contribution in [0.3, 0.4) is 0 Å². The lowest BCUT2D eigenvalue weighted by Crippen LogP contribution is -2.13. The fraction of sp³-hybridized carbons (Fsp3) is 0.625. The maximum atomic E-state index is 5.55. The monoisotopic (exact) mass is 342 g/mol. The number of halogens is 1. The summed E-state index contributed by atoms with van der Waals surface area (Å²) in [5.74, 6) is 3.05. The van der Waals surface area contributed by atoms with Crippen LogP contribution < -0.4 is 14.2 Å². The molecule has 1 unspecified atom stereocenters. The van der Waals surface area contributed by atoms with Crippen molar-refractivity contribution >= 4 is 15.9 Å². The molecule has 0 heterocycles. The van der Waals surface area contributed by atoms with Crippen molar-refractivity contribution in [1.82, 2.24) is 0 Å². The first kappa shape index (κ1) is 15.5. The van der Waals surface area contributed by atoms with Crippen molar-refractivity contribution in [2.45, 2.75) is 36.9 Å². The van der Waals surface area contributed by atoms with Gasteiger partial charge in [-0.25, -0.2) is 0 Å². The number of rotatable bonds is 5. The van der Waals surface area contributed by atoms with Crippen LogP contribution in [0.15, 0.2) is 12.1 Å². The van der Waals surface area contributed by atoms with Gasteiger partial charge in [-0.2, -0.15) is 0 Å². The molecule has 0 amide bonds. The molecule has 2 rings (SSSR count). The number of hydrogen-bond donors (Lipinski definition) is 0. The Bertz CT molecular complexity index is 416. The van der Waals surface area contributed by atoms with Crippen LogP contribution in [0.4, 0.5) is 0 Å². The Balaban J connectivity index is 2.36. The fourth-order valence-corrected chi connectivity index (χ4v) is 3.95. The molecule has 0 saturated heterocycles. The molecule has 0 aliphatic heterocycles. The highest BCUT2D eigenvalue weighted by molar-refractivity contribution is 9.09. The summed E-state index contributed by atoms with van der Waals surface area (Å²) in [4.78, 5) is 0.263. The zero-order valence-corrected chi connectivity index (χ0v) is 14.0. The molecule has 0 radical (unpaired) electrons. The van der Waals surface area contributed by atoms with Crippen LogP contribution in [0.1, 0.15) is 42.5 Å². The molecule has 0 N–H and O–H groups in total. The summed E-state index contributed by atoms with van der Waals surface area (Å²) in [6.45, 7) is 0. The van der Waals surface area contributed by atoms with E-state index in [0.29, 0.717) is 5.92 Å². The number of alkyl halides is 1. The van der Waals surface area contributed by atoms with E-state index in [9.17, 15) is 0 Å². The second-order valence-corrected chi connectivity index (χ2v) is 6.23. The number of ether oxygens (including phenoxy) is 3. The number of methoxy groups -OCH3 is 3. The summed E-state index contributed by atoms with van der Waals surface area (Å²) in [7, 11) is 5.04. The van der Waals surface area contributed by atoms with E-state index < -0.39 is 0 Å². The van der Waals surface area contributed by atoms with E-state index in [4.69, 9.17) is 14.2 Å². The third-order valence-electron chi connectivity index (χ3n) is 4.09.